The van der Waals surface area contributed by atoms with Gasteiger partial charge in [-0.15, -0.1) is 0 Å². The van der Waals surface area contributed by atoms with Crippen molar-refractivity contribution < 1.29 is 14.6 Å². The largest absolute Gasteiger partial charge is 0.487 e. The second kappa shape index (κ2) is 6.23. The van der Waals surface area contributed by atoms with Crippen molar-refractivity contribution in [2.24, 2.45) is 0 Å². The Morgan fingerprint density at radius 1 is 1.40 bits per heavy atom. The molecule has 0 bridgehead atoms. The van der Waals surface area contributed by atoms with E-state index in [0.29, 0.717) is 12.4 Å². The van der Waals surface area contributed by atoms with Crippen LogP contribution in [0.5, 0.6) is 5.75 Å². The average Bonchev–Trinajstić information content (AvgIpc) is 2.76. The maximum Gasteiger partial charge on any atom is 0.307 e. The van der Waals surface area contributed by atoms with E-state index in [0.717, 1.165) is 23.5 Å². The van der Waals surface area contributed by atoms with Gasteiger partial charge in [0.15, 0.2) is 0 Å². The molecule has 20 heavy (non-hydrogen) atoms. The summed E-state index contributed by atoms with van der Waals surface area (Å²) in [5, 5.41) is 13.1. The smallest absolute Gasteiger partial charge is 0.307 e. The van der Waals surface area contributed by atoms with Gasteiger partial charge in [0.1, 0.15) is 12.4 Å². The van der Waals surface area contributed by atoms with Crippen LogP contribution in [0.25, 0.3) is 0 Å². The van der Waals surface area contributed by atoms with E-state index in [1.165, 1.54) is 0 Å². The summed E-state index contributed by atoms with van der Waals surface area (Å²) in [5.74, 6) is -0.174. The first-order valence-electron chi connectivity index (χ1n) is 6.55. The lowest BCUT2D eigenvalue weighted by Crippen LogP contribution is -2.06. The Balaban J connectivity index is 2.05. The van der Waals surface area contributed by atoms with Gasteiger partial charge in [0.25, 0.3) is 0 Å². The highest BCUT2D eigenvalue weighted by Gasteiger charge is 2.06. The average molecular weight is 274 g/mol. The fourth-order valence-electron chi connectivity index (χ4n) is 2.07. The minimum Gasteiger partial charge on any atom is -0.487 e. The molecule has 106 valence electrons. The number of carbonyl (C=O) groups is 1. The number of ether oxygens (including phenoxy) is 1. The predicted molar refractivity (Wildman–Crippen MR) is 74.8 cm³/mol. The monoisotopic (exact) mass is 274 g/mol. The number of carboxylic acids is 1. The quantitative estimate of drug-likeness (QED) is 0.878. The van der Waals surface area contributed by atoms with Crippen molar-refractivity contribution in [2.45, 2.75) is 33.4 Å². The molecule has 1 N–H and O–H groups in total. The number of carboxylic acid groups (broad SMARTS) is 1. The van der Waals surface area contributed by atoms with Gasteiger partial charge in [-0.3, -0.25) is 9.48 Å². The molecule has 0 saturated carbocycles. The van der Waals surface area contributed by atoms with Gasteiger partial charge in [-0.2, -0.15) is 5.10 Å². The molecule has 0 aliphatic carbocycles. The molecular formula is C15H18N2O3. The van der Waals surface area contributed by atoms with Gasteiger partial charge in [0, 0.05) is 6.54 Å². The van der Waals surface area contributed by atoms with E-state index < -0.39 is 5.97 Å². The van der Waals surface area contributed by atoms with Crippen LogP contribution in [0.3, 0.4) is 0 Å². The molecule has 0 saturated heterocycles. The van der Waals surface area contributed by atoms with E-state index in [1.807, 2.05) is 30.7 Å². The van der Waals surface area contributed by atoms with Crippen molar-refractivity contribution in [3.05, 3.63) is 47.3 Å². The van der Waals surface area contributed by atoms with Gasteiger partial charge in [-0.05, 0) is 37.6 Å². The zero-order valence-electron chi connectivity index (χ0n) is 11.7. The molecule has 0 atom stereocenters. The van der Waals surface area contributed by atoms with E-state index >= 15 is 0 Å². The van der Waals surface area contributed by atoms with Crippen LogP contribution in [-0.2, 0) is 24.4 Å². The van der Waals surface area contributed by atoms with Gasteiger partial charge in [0.05, 0.1) is 17.8 Å². The van der Waals surface area contributed by atoms with Crippen LogP contribution >= 0.6 is 0 Å². The third kappa shape index (κ3) is 3.60. The highest BCUT2D eigenvalue weighted by atomic mass is 16.5. The minimum atomic E-state index is -0.846. The van der Waals surface area contributed by atoms with E-state index in [2.05, 4.69) is 5.10 Å². The minimum absolute atomic E-state index is 0.00318. The van der Waals surface area contributed by atoms with Crippen LogP contribution in [-0.4, -0.2) is 20.9 Å². The van der Waals surface area contributed by atoms with Crippen molar-refractivity contribution in [3.8, 4) is 5.75 Å². The summed E-state index contributed by atoms with van der Waals surface area (Å²) in [6, 6.07) is 9.15. The number of rotatable bonds is 6. The summed E-state index contributed by atoms with van der Waals surface area (Å²) >= 11 is 0. The van der Waals surface area contributed by atoms with Crippen LogP contribution in [0.15, 0.2) is 30.3 Å². The van der Waals surface area contributed by atoms with Crippen molar-refractivity contribution in [1.82, 2.24) is 9.78 Å². The van der Waals surface area contributed by atoms with E-state index in [9.17, 15) is 4.79 Å². The first kappa shape index (κ1) is 14.1. The molecule has 2 rings (SSSR count). The van der Waals surface area contributed by atoms with Gasteiger partial charge < -0.3 is 9.84 Å². The van der Waals surface area contributed by atoms with Gasteiger partial charge in [-0.25, -0.2) is 0 Å². The first-order valence-corrected chi connectivity index (χ1v) is 6.55. The number of nitrogens with zero attached hydrogens (tertiary/aromatic N) is 2. The molecule has 5 nitrogen and oxygen atoms in total. The Hall–Kier alpha value is -2.30. The Bertz CT molecular complexity index is 605. The summed E-state index contributed by atoms with van der Waals surface area (Å²) in [6.07, 6.45) is 0.00318. The standard InChI is InChI=1S/C15H18N2O3/c1-3-17-13(7-11(2)16-17)10-20-14-6-4-5-12(8-14)9-15(18)19/h4-8H,3,9-10H2,1-2H3,(H,18,19). The molecule has 0 amide bonds. The third-order valence-corrected chi connectivity index (χ3v) is 2.93. The van der Waals surface area contributed by atoms with Gasteiger partial charge in [-0.1, -0.05) is 12.1 Å². The zero-order chi connectivity index (χ0) is 14.5. The number of aliphatic carboxylic acids is 1. The van der Waals surface area contributed by atoms with Crippen molar-refractivity contribution in [2.75, 3.05) is 0 Å². The topological polar surface area (TPSA) is 64.4 Å². The number of benzene rings is 1. The van der Waals surface area contributed by atoms with E-state index in [4.69, 9.17) is 9.84 Å². The van der Waals surface area contributed by atoms with Crippen molar-refractivity contribution >= 4 is 5.97 Å². The number of hydrogen-bond acceptors (Lipinski definition) is 3. The lowest BCUT2D eigenvalue weighted by atomic mass is 10.1. The van der Waals surface area contributed by atoms with Crippen LogP contribution in [0, 0.1) is 6.92 Å². The molecule has 0 spiro atoms. The molecule has 0 fully saturated rings. The zero-order valence-corrected chi connectivity index (χ0v) is 11.7. The maximum absolute atomic E-state index is 10.7. The molecule has 0 aliphatic rings. The summed E-state index contributed by atoms with van der Waals surface area (Å²) in [5.41, 5.74) is 2.70. The Morgan fingerprint density at radius 3 is 2.90 bits per heavy atom. The second-order valence-electron chi connectivity index (χ2n) is 4.60. The van der Waals surface area contributed by atoms with Crippen LogP contribution in [0.2, 0.25) is 0 Å². The first-order chi connectivity index (χ1) is 9.58. The van der Waals surface area contributed by atoms with E-state index in [1.54, 1.807) is 18.2 Å². The third-order valence-electron chi connectivity index (χ3n) is 2.93. The fraction of sp³-hybridized carbons (Fsp3) is 0.333. The van der Waals surface area contributed by atoms with Gasteiger partial charge in [0.2, 0.25) is 0 Å². The maximum atomic E-state index is 10.7. The molecule has 5 heteroatoms. The molecule has 2 aromatic rings. The summed E-state index contributed by atoms with van der Waals surface area (Å²) in [7, 11) is 0. The molecule has 0 aliphatic heterocycles. The van der Waals surface area contributed by atoms with Crippen molar-refractivity contribution in [3.63, 3.8) is 0 Å². The Labute approximate surface area is 117 Å². The van der Waals surface area contributed by atoms with Crippen LogP contribution in [0.4, 0.5) is 0 Å². The molecule has 0 unspecified atom stereocenters. The SMILES string of the molecule is CCn1nc(C)cc1COc1cccc(CC(=O)O)c1. The summed E-state index contributed by atoms with van der Waals surface area (Å²) in [4.78, 5) is 10.7. The molecule has 0 radical (unpaired) electrons. The lowest BCUT2D eigenvalue weighted by molar-refractivity contribution is -0.136. The van der Waals surface area contributed by atoms with E-state index in [-0.39, 0.29) is 6.42 Å². The van der Waals surface area contributed by atoms with Crippen LogP contribution < -0.4 is 4.74 Å². The number of aromatic nitrogens is 2. The second-order valence-corrected chi connectivity index (χ2v) is 4.60. The highest BCUT2D eigenvalue weighted by Crippen LogP contribution is 2.16. The normalized spacial score (nSPS) is 10.5. The summed E-state index contributed by atoms with van der Waals surface area (Å²) < 4.78 is 7.62. The van der Waals surface area contributed by atoms with Crippen molar-refractivity contribution in [1.29, 1.82) is 0 Å². The van der Waals surface area contributed by atoms with Gasteiger partial charge >= 0.3 is 5.97 Å². The summed E-state index contributed by atoms with van der Waals surface area (Å²) in [6.45, 7) is 5.20. The molecule has 1 aromatic heterocycles. The Kier molecular flexibility index (Phi) is 4.40. The Morgan fingerprint density at radius 2 is 2.20 bits per heavy atom. The molecular weight excluding hydrogens is 256 g/mol. The molecule has 1 heterocycles. The lowest BCUT2D eigenvalue weighted by Gasteiger charge is -2.08. The number of hydrogen-bond donors (Lipinski definition) is 1. The highest BCUT2D eigenvalue weighted by molar-refractivity contribution is 5.70. The predicted octanol–water partition coefficient (Wildman–Crippen LogP) is 2.42. The fourth-order valence-corrected chi connectivity index (χ4v) is 2.07. The number of aryl methyl sites for hydroxylation is 2. The van der Waals surface area contributed by atoms with Crippen LogP contribution in [0.1, 0.15) is 23.9 Å². The molecule has 1 aromatic carbocycles.